The molecule has 3 aliphatic rings. The van der Waals surface area contributed by atoms with Gasteiger partial charge in [-0.15, -0.1) is 5.10 Å². The maximum Gasteiger partial charge on any atom is 0.407 e. The average molecular weight is 546 g/mol. The van der Waals surface area contributed by atoms with Gasteiger partial charge in [0.1, 0.15) is 5.82 Å². The summed E-state index contributed by atoms with van der Waals surface area (Å²) in [6.07, 6.45) is -4.71. The molecule has 2 fully saturated rings. The number of hydrogen-bond acceptors (Lipinski definition) is 4. The zero-order valence-corrected chi connectivity index (χ0v) is 21.1. The summed E-state index contributed by atoms with van der Waals surface area (Å²) in [7, 11) is 0. The number of amides is 1. The molecule has 5 atom stereocenters. The molecule has 0 spiro atoms. The second-order valence-electron chi connectivity index (χ2n) is 11.8. The number of fused-ring (bicyclic) bond motifs is 3. The van der Waals surface area contributed by atoms with Gasteiger partial charge in [0.2, 0.25) is 5.95 Å². The first kappa shape index (κ1) is 26.6. The number of aromatic nitrogens is 3. The molecule has 1 saturated heterocycles. The van der Waals surface area contributed by atoms with Crippen LogP contribution in [0.2, 0.25) is 0 Å². The number of hydrogen-bond donors (Lipinski definition) is 2. The number of rotatable bonds is 3. The van der Waals surface area contributed by atoms with Gasteiger partial charge in [-0.1, -0.05) is 26.8 Å². The molecule has 0 radical (unpaired) electrons. The molecule has 2 N–H and O–H groups in total. The van der Waals surface area contributed by atoms with E-state index in [4.69, 9.17) is 0 Å². The van der Waals surface area contributed by atoms with Crippen LogP contribution in [0.3, 0.4) is 0 Å². The standard InChI is InChI=1S/C25H29F6N5O2/c1-23(2,3)24-7-6-12(9-35(11-24)22(37)38)19(24)32-21-33-20-15(14-4-5-16(26)18(28)17(14)27)8-13(25(29,30)31)10-36(20)34-21/h4-5,12-13,15,19H,6-11H2,1-3H3,(H,32,34)(H,37,38). The van der Waals surface area contributed by atoms with E-state index in [1.54, 1.807) is 0 Å². The van der Waals surface area contributed by atoms with Crippen molar-refractivity contribution < 1.29 is 36.2 Å². The molecular weight excluding hydrogens is 516 g/mol. The smallest absolute Gasteiger partial charge is 0.407 e. The summed E-state index contributed by atoms with van der Waals surface area (Å²) in [5.41, 5.74) is -1.23. The van der Waals surface area contributed by atoms with Gasteiger partial charge in [0.25, 0.3) is 0 Å². The van der Waals surface area contributed by atoms with E-state index in [1.165, 1.54) is 4.90 Å². The molecule has 5 rings (SSSR count). The first-order valence-corrected chi connectivity index (χ1v) is 12.5. The second kappa shape index (κ2) is 8.77. The van der Waals surface area contributed by atoms with Crippen LogP contribution in [0.5, 0.6) is 0 Å². The molecule has 38 heavy (non-hydrogen) atoms. The quantitative estimate of drug-likeness (QED) is 0.386. The molecule has 1 aliphatic carbocycles. The Bertz CT molecular complexity index is 1260. The Balaban J connectivity index is 1.53. The number of piperidine rings is 1. The summed E-state index contributed by atoms with van der Waals surface area (Å²) in [5.74, 6) is -7.92. The molecule has 7 nitrogen and oxygen atoms in total. The van der Waals surface area contributed by atoms with Gasteiger partial charge in [-0.05, 0) is 36.7 Å². The molecule has 2 aliphatic heterocycles. The topological polar surface area (TPSA) is 83.3 Å². The van der Waals surface area contributed by atoms with Gasteiger partial charge in [-0.2, -0.15) is 18.2 Å². The Hall–Kier alpha value is -2.99. The number of nitrogens with zero attached hydrogens (tertiary/aromatic N) is 4. The Morgan fingerprint density at radius 2 is 1.84 bits per heavy atom. The van der Waals surface area contributed by atoms with E-state index in [0.717, 1.165) is 23.6 Å². The third-order valence-corrected chi connectivity index (χ3v) is 8.83. The predicted molar refractivity (Wildman–Crippen MR) is 124 cm³/mol. The van der Waals surface area contributed by atoms with Crippen LogP contribution in [0.25, 0.3) is 0 Å². The van der Waals surface area contributed by atoms with Crippen molar-refractivity contribution in [2.75, 3.05) is 18.4 Å². The lowest BCUT2D eigenvalue weighted by atomic mass is 9.61. The SMILES string of the molecule is CC(C)(C)C12CCC(CN(C(=O)O)C1)C2Nc1nc2n(n1)CC(C(F)(F)F)CC2c1ccc(F)c(F)c1F. The van der Waals surface area contributed by atoms with Crippen molar-refractivity contribution >= 4 is 12.0 Å². The van der Waals surface area contributed by atoms with E-state index in [0.29, 0.717) is 12.6 Å². The van der Waals surface area contributed by atoms with E-state index in [-0.39, 0.29) is 35.7 Å². The number of benzene rings is 1. The minimum atomic E-state index is -4.62. The maximum absolute atomic E-state index is 14.7. The molecule has 1 aromatic carbocycles. The van der Waals surface area contributed by atoms with Crippen molar-refractivity contribution in [2.45, 2.75) is 64.7 Å². The highest BCUT2D eigenvalue weighted by Gasteiger charge is 2.59. The van der Waals surface area contributed by atoms with E-state index in [1.807, 2.05) is 20.8 Å². The molecule has 13 heteroatoms. The highest BCUT2D eigenvalue weighted by atomic mass is 19.4. The fraction of sp³-hybridized carbons (Fsp3) is 0.640. The summed E-state index contributed by atoms with van der Waals surface area (Å²) in [4.78, 5) is 17.6. The highest BCUT2D eigenvalue weighted by Crippen LogP contribution is 2.57. The van der Waals surface area contributed by atoms with Gasteiger partial charge in [0.15, 0.2) is 17.5 Å². The number of carbonyl (C=O) groups is 1. The van der Waals surface area contributed by atoms with Gasteiger partial charge in [0, 0.05) is 36.0 Å². The number of anilines is 1. The zero-order chi connectivity index (χ0) is 27.8. The van der Waals surface area contributed by atoms with Crippen LogP contribution >= 0.6 is 0 Å². The van der Waals surface area contributed by atoms with E-state index >= 15 is 0 Å². The number of carboxylic acid groups (broad SMARTS) is 1. The lowest BCUT2D eigenvalue weighted by Crippen LogP contribution is -2.60. The third-order valence-electron chi connectivity index (χ3n) is 8.83. The first-order chi connectivity index (χ1) is 17.6. The Morgan fingerprint density at radius 3 is 2.47 bits per heavy atom. The molecule has 5 unspecified atom stereocenters. The van der Waals surface area contributed by atoms with E-state index in [2.05, 4.69) is 15.4 Å². The first-order valence-electron chi connectivity index (χ1n) is 12.5. The third kappa shape index (κ3) is 4.17. The molecule has 1 aromatic heterocycles. The highest BCUT2D eigenvalue weighted by molar-refractivity contribution is 5.65. The Labute approximate surface area is 215 Å². The maximum atomic E-state index is 14.7. The van der Waals surface area contributed by atoms with Crippen molar-refractivity contribution in [3.8, 4) is 0 Å². The summed E-state index contributed by atoms with van der Waals surface area (Å²) in [6, 6.07) is 1.38. The monoisotopic (exact) mass is 545 g/mol. The molecule has 1 saturated carbocycles. The van der Waals surface area contributed by atoms with Gasteiger partial charge in [0.05, 0.1) is 12.5 Å². The largest absolute Gasteiger partial charge is 0.465 e. The molecule has 2 bridgehead atoms. The van der Waals surface area contributed by atoms with Crippen LogP contribution < -0.4 is 5.32 Å². The van der Waals surface area contributed by atoms with Crippen LogP contribution in [0, 0.1) is 40.1 Å². The van der Waals surface area contributed by atoms with Crippen molar-refractivity contribution in [2.24, 2.45) is 22.7 Å². The Kier molecular flexibility index (Phi) is 6.14. The van der Waals surface area contributed by atoms with Crippen molar-refractivity contribution in [1.29, 1.82) is 0 Å². The summed E-state index contributed by atoms with van der Waals surface area (Å²) in [6.45, 7) is 6.12. The molecular formula is C25H29F6N5O2. The van der Waals surface area contributed by atoms with Crippen LogP contribution in [0.4, 0.5) is 37.1 Å². The molecule has 208 valence electrons. The van der Waals surface area contributed by atoms with Crippen LogP contribution in [0.15, 0.2) is 12.1 Å². The van der Waals surface area contributed by atoms with Gasteiger partial charge in [-0.3, -0.25) is 0 Å². The van der Waals surface area contributed by atoms with Gasteiger partial charge in [-0.25, -0.2) is 22.6 Å². The lowest BCUT2D eigenvalue weighted by Gasteiger charge is -2.52. The number of likely N-dealkylation sites (tertiary alicyclic amines) is 1. The summed E-state index contributed by atoms with van der Waals surface area (Å²) < 4.78 is 84.7. The van der Waals surface area contributed by atoms with Crippen molar-refractivity contribution in [3.05, 3.63) is 41.0 Å². The fourth-order valence-corrected chi connectivity index (χ4v) is 6.69. The Morgan fingerprint density at radius 1 is 1.13 bits per heavy atom. The minimum Gasteiger partial charge on any atom is -0.465 e. The minimum absolute atomic E-state index is 0.0260. The molecule has 3 heterocycles. The zero-order valence-electron chi connectivity index (χ0n) is 21.1. The second-order valence-corrected chi connectivity index (χ2v) is 11.8. The summed E-state index contributed by atoms with van der Waals surface area (Å²) >= 11 is 0. The average Bonchev–Trinajstić information content (AvgIpc) is 3.30. The normalized spacial score (nSPS) is 29.3. The number of halogens is 6. The lowest BCUT2D eigenvalue weighted by molar-refractivity contribution is -0.184. The molecule has 1 amide bonds. The van der Waals surface area contributed by atoms with Crippen molar-refractivity contribution in [1.82, 2.24) is 19.7 Å². The van der Waals surface area contributed by atoms with E-state index in [9.17, 15) is 36.2 Å². The van der Waals surface area contributed by atoms with Crippen molar-refractivity contribution in [3.63, 3.8) is 0 Å². The van der Waals surface area contributed by atoms with Gasteiger partial charge >= 0.3 is 12.3 Å². The number of alkyl halides is 3. The van der Waals surface area contributed by atoms with Crippen LogP contribution in [-0.2, 0) is 6.54 Å². The summed E-state index contributed by atoms with van der Waals surface area (Å²) in [5, 5.41) is 17.2. The van der Waals surface area contributed by atoms with Crippen LogP contribution in [-0.4, -0.2) is 56.2 Å². The van der Waals surface area contributed by atoms with Crippen LogP contribution in [0.1, 0.15) is 57.3 Å². The van der Waals surface area contributed by atoms with Gasteiger partial charge < -0.3 is 15.3 Å². The molecule has 2 aromatic rings. The number of nitrogens with one attached hydrogen (secondary N) is 1. The predicted octanol–water partition coefficient (Wildman–Crippen LogP) is 5.63. The fourth-order valence-electron chi connectivity index (χ4n) is 6.69. The van der Waals surface area contributed by atoms with E-state index < -0.39 is 65.5 Å².